The Bertz CT molecular complexity index is 1170. The number of rotatable bonds is 8. The fraction of sp³-hybridized carbons (Fsp3) is 0.370. The number of hydrogen-bond acceptors (Lipinski definition) is 3. The average Bonchev–Trinajstić information content (AvgIpc) is 2.79. The highest BCUT2D eigenvalue weighted by Crippen LogP contribution is 2.47. The lowest BCUT2D eigenvalue weighted by Crippen LogP contribution is -2.50. The lowest BCUT2D eigenvalue weighted by atomic mass is 10.1. The van der Waals surface area contributed by atoms with Crippen molar-refractivity contribution in [1.82, 2.24) is 0 Å². The first-order valence-corrected chi connectivity index (χ1v) is 15.3. The number of carbonyl (C=O) groups is 1. The van der Waals surface area contributed by atoms with E-state index in [1.54, 1.807) is 19.2 Å². The summed E-state index contributed by atoms with van der Waals surface area (Å²) in [6.45, 7) is 13.7. The molecule has 0 saturated heterocycles. The van der Waals surface area contributed by atoms with Crippen molar-refractivity contribution in [3.05, 3.63) is 63.0 Å². The van der Waals surface area contributed by atoms with Gasteiger partial charge in [0.25, 0.3) is 14.2 Å². The van der Waals surface area contributed by atoms with E-state index in [9.17, 15) is 4.79 Å². The zero-order chi connectivity index (χ0) is 25.2. The van der Waals surface area contributed by atoms with Crippen LogP contribution in [0.1, 0.15) is 51.9 Å². The first-order chi connectivity index (χ1) is 16.0. The summed E-state index contributed by atoms with van der Waals surface area (Å²) in [5.41, 5.74) is 2.60. The summed E-state index contributed by atoms with van der Waals surface area (Å²) in [5.74, 6) is 1.27. The van der Waals surface area contributed by atoms with Crippen LogP contribution in [0, 0.1) is 0 Å². The molecule has 3 aromatic rings. The van der Waals surface area contributed by atoms with Crippen LogP contribution in [0.25, 0.3) is 10.8 Å². The van der Waals surface area contributed by atoms with E-state index in [4.69, 9.17) is 9.16 Å². The van der Waals surface area contributed by atoms with Gasteiger partial charge < -0.3 is 14.5 Å². The summed E-state index contributed by atoms with van der Waals surface area (Å²) in [5, 5.41) is 4.99. The average molecular weight is 607 g/mol. The molecule has 4 nitrogen and oxygen atoms in total. The summed E-state index contributed by atoms with van der Waals surface area (Å²) in [4.78, 5) is 13.1. The molecule has 0 radical (unpaired) electrons. The predicted molar refractivity (Wildman–Crippen MR) is 152 cm³/mol. The van der Waals surface area contributed by atoms with E-state index in [0.29, 0.717) is 33.6 Å². The minimum absolute atomic E-state index is 0.198. The smallest absolute Gasteiger partial charge is 0.258 e. The molecule has 0 bridgehead atoms. The van der Waals surface area contributed by atoms with Crippen LogP contribution in [-0.4, -0.2) is 21.3 Å². The lowest BCUT2D eigenvalue weighted by molar-refractivity contribution is 0.102. The van der Waals surface area contributed by atoms with Gasteiger partial charge in [-0.25, -0.2) is 0 Å². The number of amides is 1. The van der Waals surface area contributed by atoms with Crippen molar-refractivity contribution >= 4 is 62.5 Å². The van der Waals surface area contributed by atoms with E-state index >= 15 is 0 Å². The van der Waals surface area contributed by atoms with Crippen molar-refractivity contribution < 1.29 is 14.0 Å². The third-order valence-electron chi connectivity index (χ3n) is 6.60. The minimum atomic E-state index is -2.16. The summed E-state index contributed by atoms with van der Waals surface area (Å²) in [6, 6.07) is 15.1. The van der Waals surface area contributed by atoms with E-state index in [1.807, 2.05) is 30.3 Å². The number of benzene rings is 3. The summed E-state index contributed by atoms with van der Waals surface area (Å²) < 4.78 is 14.1. The standard InChI is InChI=1S/C27H33Br2NO3Si/c1-16(2)34(17(3)4,18(5)6)33-24-14-11-21-22(28)12-13-23(25(21)26(24)29)30-27(31)19-9-8-10-20(15-19)32-7/h8-18H,1-7H3,(H,30,31). The summed E-state index contributed by atoms with van der Waals surface area (Å²) >= 11 is 7.51. The van der Waals surface area contributed by atoms with Crippen molar-refractivity contribution in [2.24, 2.45) is 0 Å². The van der Waals surface area contributed by atoms with Crippen LogP contribution in [0.3, 0.4) is 0 Å². The second-order valence-corrected chi connectivity index (χ2v) is 16.5. The Balaban J connectivity index is 2.11. The predicted octanol–water partition coefficient (Wildman–Crippen LogP) is 9.18. The Kier molecular flexibility index (Phi) is 8.53. The quantitative estimate of drug-likeness (QED) is 0.260. The molecule has 0 heterocycles. The maximum Gasteiger partial charge on any atom is 0.258 e. The zero-order valence-corrected chi connectivity index (χ0v) is 25.0. The Morgan fingerprint density at radius 3 is 2.15 bits per heavy atom. The first-order valence-electron chi connectivity index (χ1n) is 11.6. The minimum Gasteiger partial charge on any atom is -0.542 e. The molecular formula is C27H33Br2NO3Si. The van der Waals surface area contributed by atoms with Crippen molar-refractivity contribution in [3.63, 3.8) is 0 Å². The molecule has 1 amide bonds. The maximum absolute atomic E-state index is 13.1. The molecule has 34 heavy (non-hydrogen) atoms. The Labute approximate surface area is 220 Å². The molecule has 0 spiro atoms. The molecule has 0 aliphatic rings. The number of anilines is 1. The van der Waals surface area contributed by atoms with Crippen LogP contribution in [0.5, 0.6) is 11.5 Å². The van der Waals surface area contributed by atoms with Gasteiger partial charge in [-0.15, -0.1) is 0 Å². The molecule has 3 rings (SSSR count). The number of hydrogen-bond donors (Lipinski definition) is 1. The van der Waals surface area contributed by atoms with Crippen LogP contribution < -0.4 is 14.5 Å². The molecule has 1 N–H and O–H groups in total. The molecule has 0 aromatic heterocycles. The Morgan fingerprint density at radius 1 is 0.912 bits per heavy atom. The molecule has 0 atom stereocenters. The molecule has 7 heteroatoms. The lowest BCUT2D eigenvalue weighted by Gasteiger charge is -2.42. The van der Waals surface area contributed by atoms with E-state index < -0.39 is 8.32 Å². The van der Waals surface area contributed by atoms with Crippen LogP contribution in [0.2, 0.25) is 16.6 Å². The van der Waals surface area contributed by atoms with Gasteiger partial charge in [0.05, 0.1) is 17.3 Å². The largest absolute Gasteiger partial charge is 0.542 e. The van der Waals surface area contributed by atoms with Gasteiger partial charge in [0.1, 0.15) is 11.5 Å². The number of ether oxygens (including phenoxy) is 1. The monoisotopic (exact) mass is 605 g/mol. The topological polar surface area (TPSA) is 47.6 Å². The molecule has 3 aromatic carbocycles. The third-order valence-corrected chi connectivity index (χ3v) is 14.1. The van der Waals surface area contributed by atoms with Gasteiger partial charge in [0.15, 0.2) is 0 Å². The van der Waals surface area contributed by atoms with Crippen molar-refractivity contribution in [1.29, 1.82) is 0 Å². The second-order valence-electron chi connectivity index (χ2n) is 9.50. The normalized spacial score (nSPS) is 12.0. The highest BCUT2D eigenvalue weighted by molar-refractivity contribution is 9.11. The van der Waals surface area contributed by atoms with Crippen LogP contribution >= 0.6 is 31.9 Å². The first kappa shape index (κ1) is 26.8. The number of halogens is 2. The van der Waals surface area contributed by atoms with Gasteiger partial charge in [-0.05, 0) is 80.4 Å². The molecule has 0 saturated carbocycles. The molecule has 0 unspecified atom stereocenters. The van der Waals surface area contributed by atoms with Gasteiger partial charge in [-0.2, -0.15) is 0 Å². The second kappa shape index (κ2) is 10.8. The van der Waals surface area contributed by atoms with Crippen LogP contribution in [0.4, 0.5) is 5.69 Å². The number of methoxy groups -OCH3 is 1. The molecule has 0 aliphatic carbocycles. The van der Waals surface area contributed by atoms with E-state index in [-0.39, 0.29) is 5.91 Å². The van der Waals surface area contributed by atoms with E-state index in [2.05, 4.69) is 84.8 Å². The maximum atomic E-state index is 13.1. The molecule has 182 valence electrons. The fourth-order valence-electron chi connectivity index (χ4n) is 5.03. The van der Waals surface area contributed by atoms with E-state index in [0.717, 1.165) is 25.5 Å². The zero-order valence-electron chi connectivity index (χ0n) is 20.8. The van der Waals surface area contributed by atoms with Crippen LogP contribution in [-0.2, 0) is 0 Å². The Morgan fingerprint density at radius 2 is 1.56 bits per heavy atom. The third kappa shape index (κ3) is 5.07. The Hall–Kier alpha value is -1.83. The van der Waals surface area contributed by atoms with Crippen molar-refractivity contribution in [3.8, 4) is 11.5 Å². The van der Waals surface area contributed by atoms with Gasteiger partial charge in [0.2, 0.25) is 0 Å². The van der Waals surface area contributed by atoms with Crippen molar-refractivity contribution in [2.75, 3.05) is 12.4 Å². The molecule has 0 aliphatic heterocycles. The summed E-state index contributed by atoms with van der Waals surface area (Å²) in [6.07, 6.45) is 0. The van der Waals surface area contributed by atoms with Gasteiger partial charge in [0, 0.05) is 15.4 Å². The van der Waals surface area contributed by atoms with Crippen LogP contribution in [0.15, 0.2) is 57.5 Å². The SMILES string of the molecule is COc1cccc(C(=O)Nc2ccc(Br)c3ccc(O[Si](C(C)C)(C(C)C)C(C)C)c(Br)c23)c1. The van der Waals surface area contributed by atoms with Gasteiger partial charge in [-0.1, -0.05) is 63.5 Å². The highest BCUT2D eigenvalue weighted by Gasteiger charge is 2.47. The van der Waals surface area contributed by atoms with Gasteiger partial charge >= 0.3 is 0 Å². The number of nitrogens with one attached hydrogen (secondary N) is 1. The van der Waals surface area contributed by atoms with E-state index in [1.165, 1.54) is 0 Å². The van der Waals surface area contributed by atoms with Gasteiger partial charge in [-0.3, -0.25) is 4.79 Å². The fourth-order valence-corrected chi connectivity index (χ4v) is 11.5. The summed E-state index contributed by atoms with van der Waals surface area (Å²) in [7, 11) is -0.566. The molecule has 0 fully saturated rings. The highest BCUT2D eigenvalue weighted by atomic mass is 79.9. The molecular weight excluding hydrogens is 574 g/mol. The number of carbonyl (C=O) groups excluding carboxylic acids is 1. The van der Waals surface area contributed by atoms with Crippen molar-refractivity contribution in [2.45, 2.75) is 58.2 Å². The number of fused-ring (bicyclic) bond motifs is 1.